The number of halogens is 1. The molecular formula is C14H25BrN4O. The van der Waals surface area contributed by atoms with Crippen LogP contribution < -0.4 is 10.6 Å². The summed E-state index contributed by atoms with van der Waals surface area (Å²) in [6.45, 7) is 9.43. The van der Waals surface area contributed by atoms with E-state index in [0.717, 1.165) is 22.3 Å². The van der Waals surface area contributed by atoms with Crippen LogP contribution in [0.15, 0.2) is 4.47 Å². The first-order valence-electron chi connectivity index (χ1n) is 7.08. The first kappa shape index (κ1) is 17.2. The van der Waals surface area contributed by atoms with Gasteiger partial charge in [-0.3, -0.25) is 9.48 Å². The van der Waals surface area contributed by atoms with Gasteiger partial charge >= 0.3 is 0 Å². The maximum atomic E-state index is 11.9. The van der Waals surface area contributed by atoms with Gasteiger partial charge in [0, 0.05) is 20.1 Å². The van der Waals surface area contributed by atoms with E-state index in [0.29, 0.717) is 19.0 Å². The van der Waals surface area contributed by atoms with Crippen molar-refractivity contribution < 1.29 is 4.79 Å². The van der Waals surface area contributed by atoms with Crippen molar-refractivity contribution in [1.29, 1.82) is 0 Å². The summed E-state index contributed by atoms with van der Waals surface area (Å²) in [6, 6.07) is -0.222. The summed E-state index contributed by atoms with van der Waals surface area (Å²) in [5.74, 6) is 0.497. The Bertz CT molecular complexity index is 456. The highest BCUT2D eigenvalue weighted by molar-refractivity contribution is 9.10. The summed E-state index contributed by atoms with van der Waals surface area (Å²) >= 11 is 3.58. The van der Waals surface area contributed by atoms with Gasteiger partial charge in [0.25, 0.3) is 0 Å². The Kier molecular flexibility index (Phi) is 6.68. The predicted molar refractivity (Wildman–Crippen MR) is 84.4 cm³/mol. The molecule has 114 valence electrons. The molecule has 1 amide bonds. The number of hydrogen-bond donors (Lipinski definition) is 2. The molecule has 0 fully saturated rings. The van der Waals surface area contributed by atoms with Crippen molar-refractivity contribution in [2.45, 2.75) is 46.7 Å². The molecule has 0 saturated carbocycles. The van der Waals surface area contributed by atoms with Gasteiger partial charge in [-0.05, 0) is 35.2 Å². The van der Waals surface area contributed by atoms with Crippen LogP contribution in [0.5, 0.6) is 0 Å². The maximum Gasteiger partial charge on any atom is 0.236 e. The molecule has 1 aromatic heterocycles. The van der Waals surface area contributed by atoms with E-state index in [2.05, 4.69) is 52.4 Å². The summed E-state index contributed by atoms with van der Waals surface area (Å²) < 4.78 is 2.89. The van der Waals surface area contributed by atoms with Crippen molar-refractivity contribution in [3.63, 3.8) is 0 Å². The Balaban J connectivity index is 2.54. The summed E-state index contributed by atoms with van der Waals surface area (Å²) in [7, 11) is 1.92. The van der Waals surface area contributed by atoms with E-state index in [4.69, 9.17) is 0 Å². The fraction of sp³-hybridized carbons (Fsp3) is 0.714. The number of carbonyl (C=O) groups excluding carboxylic acids is 1. The Morgan fingerprint density at radius 1 is 1.40 bits per heavy atom. The summed E-state index contributed by atoms with van der Waals surface area (Å²) in [6.07, 6.45) is 0.888. The minimum atomic E-state index is -0.222. The molecule has 0 aliphatic carbocycles. The van der Waals surface area contributed by atoms with Gasteiger partial charge in [0.2, 0.25) is 5.91 Å². The third kappa shape index (κ3) is 4.59. The van der Waals surface area contributed by atoms with Crippen molar-refractivity contribution in [1.82, 2.24) is 20.4 Å². The van der Waals surface area contributed by atoms with Crippen LogP contribution in [0, 0.1) is 5.92 Å². The minimum Gasteiger partial charge on any atom is -0.354 e. The second-order valence-corrected chi connectivity index (χ2v) is 6.22. The molecule has 0 aliphatic rings. The summed E-state index contributed by atoms with van der Waals surface area (Å²) in [5, 5.41) is 10.6. The molecule has 1 atom stereocenters. The number of nitrogens with one attached hydrogen (secondary N) is 2. The van der Waals surface area contributed by atoms with E-state index < -0.39 is 0 Å². The van der Waals surface area contributed by atoms with E-state index in [1.165, 1.54) is 0 Å². The summed E-state index contributed by atoms with van der Waals surface area (Å²) in [5.41, 5.74) is 2.10. The molecule has 1 heterocycles. The molecule has 0 radical (unpaired) electrons. The van der Waals surface area contributed by atoms with E-state index in [9.17, 15) is 4.79 Å². The van der Waals surface area contributed by atoms with Gasteiger partial charge < -0.3 is 10.6 Å². The Hall–Kier alpha value is -0.880. The zero-order chi connectivity index (χ0) is 15.3. The topological polar surface area (TPSA) is 59.0 Å². The molecule has 0 aliphatic heterocycles. The predicted octanol–water partition coefficient (Wildman–Crippen LogP) is 2.00. The third-order valence-corrected chi connectivity index (χ3v) is 4.07. The Morgan fingerprint density at radius 3 is 2.55 bits per heavy atom. The van der Waals surface area contributed by atoms with Crippen LogP contribution in [-0.4, -0.2) is 28.3 Å². The van der Waals surface area contributed by atoms with Crippen LogP contribution in [0.3, 0.4) is 0 Å². The molecule has 0 bridgehead atoms. The number of hydrogen-bond acceptors (Lipinski definition) is 3. The van der Waals surface area contributed by atoms with Gasteiger partial charge in [0.05, 0.1) is 21.9 Å². The zero-order valence-corrected chi connectivity index (χ0v) is 14.5. The lowest BCUT2D eigenvalue weighted by molar-refractivity contribution is -0.122. The van der Waals surface area contributed by atoms with Gasteiger partial charge in [-0.15, -0.1) is 0 Å². The molecule has 20 heavy (non-hydrogen) atoms. The highest BCUT2D eigenvalue weighted by Crippen LogP contribution is 2.21. The second-order valence-electron chi connectivity index (χ2n) is 5.43. The Morgan fingerprint density at radius 2 is 2.05 bits per heavy atom. The highest BCUT2D eigenvalue weighted by atomic mass is 79.9. The smallest absolute Gasteiger partial charge is 0.236 e. The SMILES string of the molecule is CCc1nn(C)c(CNC(C)C(=O)NCC(C)C)c1Br. The lowest BCUT2D eigenvalue weighted by Crippen LogP contribution is -2.43. The molecule has 0 aromatic carbocycles. The van der Waals surface area contributed by atoms with Crippen LogP contribution in [0.25, 0.3) is 0 Å². The van der Waals surface area contributed by atoms with E-state index in [-0.39, 0.29) is 11.9 Å². The van der Waals surface area contributed by atoms with Crippen molar-refractivity contribution >= 4 is 21.8 Å². The van der Waals surface area contributed by atoms with Gasteiger partial charge in [-0.1, -0.05) is 20.8 Å². The monoisotopic (exact) mass is 344 g/mol. The molecule has 1 unspecified atom stereocenters. The van der Waals surface area contributed by atoms with Crippen molar-refractivity contribution in [3.8, 4) is 0 Å². The van der Waals surface area contributed by atoms with Gasteiger partial charge in [-0.2, -0.15) is 5.10 Å². The van der Waals surface area contributed by atoms with Crippen LogP contribution >= 0.6 is 15.9 Å². The fourth-order valence-corrected chi connectivity index (χ4v) is 2.57. The van der Waals surface area contributed by atoms with Crippen molar-refractivity contribution in [2.24, 2.45) is 13.0 Å². The average molecular weight is 345 g/mol. The number of amides is 1. The van der Waals surface area contributed by atoms with Gasteiger partial charge in [-0.25, -0.2) is 0 Å². The molecule has 2 N–H and O–H groups in total. The van der Waals surface area contributed by atoms with Crippen molar-refractivity contribution in [3.05, 3.63) is 15.9 Å². The number of nitrogens with zero attached hydrogens (tertiary/aromatic N) is 2. The van der Waals surface area contributed by atoms with Crippen LogP contribution in [0.2, 0.25) is 0 Å². The first-order valence-corrected chi connectivity index (χ1v) is 7.87. The molecule has 1 rings (SSSR count). The second kappa shape index (κ2) is 7.78. The standard InChI is InChI=1S/C14H25BrN4O/c1-6-11-13(15)12(19(5)18-11)8-16-10(4)14(20)17-7-9(2)3/h9-10,16H,6-8H2,1-5H3,(H,17,20). The lowest BCUT2D eigenvalue weighted by Gasteiger charge is -2.15. The molecule has 0 spiro atoms. The number of aryl methyl sites for hydroxylation is 2. The zero-order valence-electron chi connectivity index (χ0n) is 13.0. The molecule has 5 nitrogen and oxygen atoms in total. The molecule has 1 aromatic rings. The average Bonchev–Trinajstić information content (AvgIpc) is 2.68. The van der Waals surface area contributed by atoms with E-state index in [1.54, 1.807) is 0 Å². The third-order valence-electron chi connectivity index (χ3n) is 3.16. The van der Waals surface area contributed by atoms with Crippen LogP contribution in [-0.2, 0) is 24.8 Å². The molecule has 0 saturated heterocycles. The van der Waals surface area contributed by atoms with Crippen molar-refractivity contribution in [2.75, 3.05) is 6.54 Å². The molecular weight excluding hydrogens is 320 g/mol. The quantitative estimate of drug-likeness (QED) is 0.795. The lowest BCUT2D eigenvalue weighted by atomic mass is 10.2. The largest absolute Gasteiger partial charge is 0.354 e. The number of aromatic nitrogens is 2. The van der Waals surface area contributed by atoms with E-state index in [1.807, 2.05) is 18.7 Å². The van der Waals surface area contributed by atoms with Crippen LogP contribution in [0.4, 0.5) is 0 Å². The normalized spacial score (nSPS) is 12.8. The number of carbonyl (C=O) groups is 1. The van der Waals surface area contributed by atoms with Gasteiger partial charge in [0.1, 0.15) is 0 Å². The first-order chi connectivity index (χ1) is 9.36. The minimum absolute atomic E-state index is 0.0349. The Labute approximate surface area is 129 Å². The van der Waals surface area contributed by atoms with Gasteiger partial charge in [0.15, 0.2) is 0 Å². The van der Waals surface area contributed by atoms with Crippen LogP contribution in [0.1, 0.15) is 39.1 Å². The van der Waals surface area contributed by atoms with E-state index >= 15 is 0 Å². The molecule has 6 heteroatoms. The number of rotatable bonds is 7. The highest BCUT2D eigenvalue weighted by Gasteiger charge is 2.16. The summed E-state index contributed by atoms with van der Waals surface area (Å²) in [4.78, 5) is 11.9. The fourth-order valence-electron chi connectivity index (χ4n) is 1.81. The maximum absolute atomic E-state index is 11.9.